The van der Waals surface area contributed by atoms with E-state index in [1.54, 1.807) is 4.90 Å². The normalized spacial score (nSPS) is 26.1. The Morgan fingerprint density at radius 1 is 1.15 bits per heavy atom. The van der Waals surface area contributed by atoms with Gasteiger partial charge in [-0.05, 0) is 31.0 Å². The summed E-state index contributed by atoms with van der Waals surface area (Å²) in [6.45, 7) is 8.26. The lowest BCUT2D eigenvalue weighted by molar-refractivity contribution is -0.0664. The van der Waals surface area contributed by atoms with Crippen molar-refractivity contribution in [2.75, 3.05) is 26.7 Å². The van der Waals surface area contributed by atoms with E-state index in [1.165, 1.54) is 0 Å². The van der Waals surface area contributed by atoms with Crippen molar-refractivity contribution < 1.29 is 14.7 Å². The molecule has 142 valence electrons. The molecule has 0 bridgehead atoms. The molecule has 26 heavy (non-hydrogen) atoms. The van der Waals surface area contributed by atoms with Crippen molar-refractivity contribution in [3.63, 3.8) is 0 Å². The minimum Gasteiger partial charge on any atom is -0.465 e. The van der Waals surface area contributed by atoms with Crippen molar-refractivity contribution >= 4 is 12.0 Å². The Balaban J connectivity index is 1.65. The minimum absolute atomic E-state index is 0.0242. The summed E-state index contributed by atoms with van der Waals surface area (Å²) in [6, 6.07) is 9.83. The number of hydrogen-bond acceptors (Lipinski definition) is 3. The summed E-state index contributed by atoms with van der Waals surface area (Å²) in [7, 11) is 2.07. The highest BCUT2D eigenvalue weighted by atomic mass is 16.4. The van der Waals surface area contributed by atoms with Crippen LogP contribution in [0, 0.1) is 5.41 Å². The van der Waals surface area contributed by atoms with E-state index < -0.39 is 6.09 Å². The van der Waals surface area contributed by atoms with Crippen LogP contribution in [0.1, 0.15) is 37.6 Å². The van der Waals surface area contributed by atoms with Gasteiger partial charge < -0.3 is 14.9 Å². The SMILES string of the molecule is CN(C1CCN(C(=O)c2ccccc2)C1)C1CN(C(=O)O)C1C(C)(C)C. The van der Waals surface area contributed by atoms with Gasteiger partial charge in [-0.2, -0.15) is 0 Å². The average Bonchev–Trinajstić information content (AvgIpc) is 3.02. The van der Waals surface area contributed by atoms with Crippen LogP contribution in [0.3, 0.4) is 0 Å². The van der Waals surface area contributed by atoms with E-state index in [2.05, 4.69) is 32.7 Å². The molecular weight excluding hydrogens is 330 g/mol. The Bertz CT molecular complexity index is 671. The molecular formula is C20H29N3O3. The van der Waals surface area contributed by atoms with Crippen molar-refractivity contribution in [1.82, 2.24) is 14.7 Å². The smallest absolute Gasteiger partial charge is 0.407 e. The van der Waals surface area contributed by atoms with Gasteiger partial charge in [0.15, 0.2) is 0 Å². The molecule has 1 aromatic carbocycles. The third kappa shape index (κ3) is 3.43. The average molecular weight is 359 g/mol. The molecule has 0 spiro atoms. The summed E-state index contributed by atoms with van der Waals surface area (Å²) in [5.74, 6) is 0.0784. The van der Waals surface area contributed by atoms with Gasteiger partial charge in [-0.3, -0.25) is 9.69 Å². The molecule has 0 saturated carbocycles. The van der Waals surface area contributed by atoms with Crippen LogP contribution in [0.15, 0.2) is 30.3 Å². The first kappa shape index (κ1) is 18.7. The number of likely N-dealkylation sites (N-methyl/N-ethyl adjacent to an activating group) is 1. The summed E-state index contributed by atoms with van der Waals surface area (Å²) in [5, 5.41) is 9.43. The first-order valence-electron chi connectivity index (χ1n) is 9.26. The van der Waals surface area contributed by atoms with Crippen molar-refractivity contribution in [1.29, 1.82) is 0 Å². The molecule has 2 heterocycles. The van der Waals surface area contributed by atoms with Crippen LogP contribution in [0.5, 0.6) is 0 Å². The topological polar surface area (TPSA) is 64.1 Å². The second-order valence-corrected chi connectivity index (χ2v) is 8.54. The Morgan fingerprint density at radius 2 is 1.81 bits per heavy atom. The summed E-state index contributed by atoms with van der Waals surface area (Å²) in [5.41, 5.74) is 0.609. The van der Waals surface area contributed by atoms with Crippen molar-refractivity contribution in [3.05, 3.63) is 35.9 Å². The van der Waals surface area contributed by atoms with Crippen LogP contribution in [-0.4, -0.2) is 76.6 Å². The van der Waals surface area contributed by atoms with Gasteiger partial charge in [-0.25, -0.2) is 4.79 Å². The van der Waals surface area contributed by atoms with E-state index in [0.717, 1.165) is 18.5 Å². The monoisotopic (exact) mass is 359 g/mol. The zero-order valence-electron chi connectivity index (χ0n) is 16.1. The number of rotatable bonds is 3. The number of likely N-dealkylation sites (tertiary alicyclic amines) is 2. The number of hydrogen-bond donors (Lipinski definition) is 1. The first-order chi connectivity index (χ1) is 12.2. The van der Waals surface area contributed by atoms with Gasteiger partial charge >= 0.3 is 6.09 Å². The second-order valence-electron chi connectivity index (χ2n) is 8.54. The van der Waals surface area contributed by atoms with Gasteiger partial charge in [0.05, 0.1) is 6.04 Å². The number of carbonyl (C=O) groups is 2. The van der Waals surface area contributed by atoms with E-state index in [0.29, 0.717) is 13.1 Å². The first-order valence-corrected chi connectivity index (χ1v) is 9.26. The quantitative estimate of drug-likeness (QED) is 0.901. The van der Waals surface area contributed by atoms with Crippen molar-refractivity contribution in [2.24, 2.45) is 5.41 Å². The fourth-order valence-electron chi connectivity index (χ4n) is 4.37. The predicted molar refractivity (Wildman–Crippen MR) is 100 cm³/mol. The molecule has 2 aliphatic rings. The van der Waals surface area contributed by atoms with Crippen LogP contribution in [-0.2, 0) is 0 Å². The number of benzene rings is 1. The molecule has 2 fully saturated rings. The van der Waals surface area contributed by atoms with E-state index in [-0.39, 0.29) is 29.4 Å². The molecule has 0 aliphatic carbocycles. The van der Waals surface area contributed by atoms with Crippen LogP contribution >= 0.6 is 0 Å². The highest BCUT2D eigenvalue weighted by molar-refractivity contribution is 5.94. The van der Waals surface area contributed by atoms with E-state index in [9.17, 15) is 14.7 Å². The molecule has 2 aliphatic heterocycles. The van der Waals surface area contributed by atoms with Crippen LogP contribution < -0.4 is 0 Å². The zero-order valence-corrected chi connectivity index (χ0v) is 16.1. The molecule has 0 radical (unpaired) electrons. The standard InChI is InChI=1S/C20H29N3O3/c1-20(2,3)17-16(13-23(17)19(25)26)21(4)15-10-11-22(12-15)18(24)14-8-6-5-7-9-14/h5-9,15-17H,10-13H2,1-4H3,(H,25,26). The van der Waals surface area contributed by atoms with Gasteiger partial charge in [0.1, 0.15) is 0 Å². The third-order valence-electron chi connectivity index (χ3n) is 5.79. The summed E-state index contributed by atoms with van der Waals surface area (Å²) < 4.78 is 0. The van der Waals surface area contributed by atoms with Crippen LogP contribution in [0.2, 0.25) is 0 Å². The maximum Gasteiger partial charge on any atom is 0.407 e. The van der Waals surface area contributed by atoms with E-state index in [1.807, 2.05) is 35.2 Å². The van der Waals surface area contributed by atoms with Gasteiger partial charge in [-0.1, -0.05) is 39.0 Å². The third-order valence-corrected chi connectivity index (χ3v) is 5.79. The molecule has 2 saturated heterocycles. The Kier molecular flexibility index (Phi) is 4.97. The molecule has 3 rings (SSSR count). The molecule has 6 heteroatoms. The molecule has 2 amide bonds. The van der Waals surface area contributed by atoms with Gasteiger partial charge in [0.2, 0.25) is 0 Å². The largest absolute Gasteiger partial charge is 0.465 e. The maximum atomic E-state index is 12.7. The van der Waals surface area contributed by atoms with Crippen molar-refractivity contribution in [2.45, 2.75) is 45.3 Å². The van der Waals surface area contributed by atoms with Crippen molar-refractivity contribution in [3.8, 4) is 0 Å². The Labute approximate surface area is 155 Å². The lowest BCUT2D eigenvalue weighted by Gasteiger charge is -2.56. The summed E-state index contributed by atoms with van der Waals surface area (Å²) in [6.07, 6.45) is 0.0806. The highest BCUT2D eigenvalue weighted by Crippen LogP contribution is 2.37. The minimum atomic E-state index is -0.845. The molecule has 6 nitrogen and oxygen atoms in total. The lowest BCUT2D eigenvalue weighted by atomic mass is 9.75. The number of carbonyl (C=O) groups excluding carboxylic acids is 1. The molecule has 1 aromatic rings. The van der Waals surface area contributed by atoms with Crippen LogP contribution in [0.4, 0.5) is 4.79 Å². The van der Waals surface area contributed by atoms with Gasteiger partial charge in [0, 0.05) is 37.3 Å². The number of amides is 2. The summed E-state index contributed by atoms with van der Waals surface area (Å²) >= 11 is 0. The lowest BCUT2D eigenvalue weighted by Crippen LogP contribution is -2.72. The molecule has 0 aromatic heterocycles. The molecule has 1 N–H and O–H groups in total. The predicted octanol–water partition coefficient (Wildman–Crippen LogP) is 2.61. The zero-order chi connectivity index (χ0) is 19.1. The number of carboxylic acid groups (broad SMARTS) is 1. The fraction of sp³-hybridized carbons (Fsp3) is 0.600. The van der Waals surface area contributed by atoms with Gasteiger partial charge in [0.25, 0.3) is 5.91 Å². The van der Waals surface area contributed by atoms with Gasteiger partial charge in [-0.15, -0.1) is 0 Å². The van der Waals surface area contributed by atoms with E-state index >= 15 is 0 Å². The molecule has 3 unspecified atom stereocenters. The second kappa shape index (κ2) is 6.91. The highest BCUT2D eigenvalue weighted by Gasteiger charge is 2.51. The van der Waals surface area contributed by atoms with Crippen LogP contribution in [0.25, 0.3) is 0 Å². The molecule has 3 atom stereocenters. The maximum absolute atomic E-state index is 12.7. The fourth-order valence-corrected chi connectivity index (χ4v) is 4.37. The Morgan fingerprint density at radius 3 is 2.38 bits per heavy atom. The number of nitrogens with zero attached hydrogens (tertiary/aromatic N) is 3. The summed E-state index contributed by atoms with van der Waals surface area (Å²) in [4.78, 5) is 29.9. The Hall–Kier alpha value is -2.08. The van der Waals surface area contributed by atoms with E-state index in [4.69, 9.17) is 0 Å².